The van der Waals surface area contributed by atoms with Crippen molar-refractivity contribution >= 4 is 28.7 Å². The standard InChI is InChI=1S/C24H20F4N6/c1-23(27,28)24(8-9-24)7-6-14-11-31-12-18-15(14)3-2-10-33(18)21-19-17(5-4-16(25)20(19)26)34(13-29)22(30)32-21/h4-5,11-13,29-30H,2-3,8-10H2,1H3. The zero-order valence-electron chi connectivity index (χ0n) is 18.2. The number of halogens is 4. The first-order chi connectivity index (χ1) is 16.2. The summed E-state index contributed by atoms with van der Waals surface area (Å²) in [6.07, 6.45) is 5.78. The monoisotopic (exact) mass is 468 g/mol. The molecule has 0 bridgehead atoms. The molecule has 1 aliphatic carbocycles. The topological polar surface area (TPSA) is 81.7 Å². The molecule has 0 saturated heterocycles. The molecule has 6 nitrogen and oxygen atoms in total. The smallest absolute Gasteiger partial charge is 0.261 e. The highest BCUT2D eigenvalue weighted by Gasteiger charge is 2.58. The lowest BCUT2D eigenvalue weighted by molar-refractivity contribution is -0.0294. The second kappa shape index (κ2) is 7.65. The number of rotatable bonds is 3. The van der Waals surface area contributed by atoms with E-state index in [1.165, 1.54) is 12.3 Å². The van der Waals surface area contributed by atoms with Gasteiger partial charge in [-0.05, 0) is 43.4 Å². The first-order valence-electron chi connectivity index (χ1n) is 10.8. The van der Waals surface area contributed by atoms with Crippen molar-refractivity contribution in [2.45, 2.75) is 38.5 Å². The van der Waals surface area contributed by atoms with Gasteiger partial charge >= 0.3 is 0 Å². The third-order valence-corrected chi connectivity index (χ3v) is 6.54. The molecule has 1 fully saturated rings. The summed E-state index contributed by atoms with van der Waals surface area (Å²) in [6, 6.07) is 2.24. The van der Waals surface area contributed by atoms with Crippen LogP contribution in [0, 0.1) is 39.7 Å². The number of anilines is 2. The maximum Gasteiger partial charge on any atom is 0.261 e. The SMILES string of the molecule is CC(F)(F)C1(C#Cc2cncc3c2CCCN3c2nc(=N)n(C=N)c3ccc(F)c(F)c23)CC1. The summed E-state index contributed by atoms with van der Waals surface area (Å²) >= 11 is 0. The Balaban J connectivity index is 1.68. The van der Waals surface area contributed by atoms with Crippen LogP contribution in [-0.2, 0) is 6.42 Å². The van der Waals surface area contributed by atoms with Crippen LogP contribution in [0.5, 0.6) is 0 Å². The molecule has 2 aromatic heterocycles. The van der Waals surface area contributed by atoms with Gasteiger partial charge in [0.15, 0.2) is 11.6 Å². The minimum absolute atomic E-state index is 0.0294. The van der Waals surface area contributed by atoms with E-state index in [4.69, 9.17) is 10.8 Å². The lowest BCUT2D eigenvalue weighted by atomic mass is 9.96. The van der Waals surface area contributed by atoms with Gasteiger partial charge in [0.05, 0.1) is 34.5 Å². The summed E-state index contributed by atoms with van der Waals surface area (Å²) in [7, 11) is 0. The molecule has 0 atom stereocenters. The Bertz CT molecular complexity index is 1460. The number of hydrogen-bond acceptors (Lipinski definition) is 5. The molecule has 0 spiro atoms. The zero-order chi connectivity index (χ0) is 24.3. The maximum absolute atomic E-state index is 15.0. The fourth-order valence-electron chi connectivity index (χ4n) is 4.42. The van der Waals surface area contributed by atoms with E-state index >= 15 is 0 Å². The van der Waals surface area contributed by atoms with Crippen LogP contribution in [0.15, 0.2) is 24.5 Å². The molecule has 1 aromatic carbocycles. The molecule has 0 radical (unpaired) electrons. The highest BCUT2D eigenvalue weighted by atomic mass is 19.3. The molecular weight excluding hydrogens is 448 g/mol. The quantitative estimate of drug-likeness (QED) is 0.257. The Morgan fingerprint density at radius 3 is 2.65 bits per heavy atom. The summed E-state index contributed by atoms with van der Waals surface area (Å²) in [5.74, 6) is 0.574. The van der Waals surface area contributed by atoms with Crippen LogP contribution in [0.4, 0.5) is 29.1 Å². The van der Waals surface area contributed by atoms with Crippen LogP contribution >= 0.6 is 0 Å². The molecule has 1 saturated carbocycles. The van der Waals surface area contributed by atoms with Gasteiger partial charge in [-0.1, -0.05) is 11.8 Å². The van der Waals surface area contributed by atoms with Crippen LogP contribution in [0.3, 0.4) is 0 Å². The summed E-state index contributed by atoms with van der Waals surface area (Å²) in [4.78, 5) is 10.1. The van der Waals surface area contributed by atoms with E-state index in [-0.39, 0.29) is 22.3 Å². The minimum Gasteiger partial charge on any atom is -0.324 e. The summed E-state index contributed by atoms with van der Waals surface area (Å²) in [6.45, 7) is 1.28. The fourth-order valence-corrected chi connectivity index (χ4v) is 4.42. The molecule has 1 aliphatic heterocycles. The number of nitrogens with one attached hydrogen (secondary N) is 2. The van der Waals surface area contributed by atoms with E-state index in [0.717, 1.165) is 29.5 Å². The van der Waals surface area contributed by atoms with Crippen molar-refractivity contribution in [3.8, 4) is 11.8 Å². The summed E-state index contributed by atoms with van der Waals surface area (Å²) in [5, 5.41) is 15.6. The molecule has 5 rings (SSSR count). The van der Waals surface area contributed by atoms with E-state index < -0.39 is 23.0 Å². The second-order valence-electron chi connectivity index (χ2n) is 8.67. The average molecular weight is 468 g/mol. The van der Waals surface area contributed by atoms with Gasteiger partial charge in [-0.3, -0.25) is 20.4 Å². The van der Waals surface area contributed by atoms with Crippen molar-refractivity contribution in [2.75, 3.05) is 11.4 Å². The lowest BCUT2D eigenvalue weighted by Crippen LogP contribution is -2.31. The van der Waals surface area contributed by atoms with Gasteiger partial charge in [0.2, 0.25) is 5.62 Å². The first kappa shape index (κ1) is 22.1. The Morgan fingerprint density at radius 2 is 1.97 bits per heavy atom. The maximum atomic E-state index is 15.0. The van der Waals surface area contributed by atoms with Gasteiger partial charge in [-0.15, -0.1) is 0 Å². The van der Waals surface area contributed by atoms with E-state index in [1.54, 1.807) is 11.1 Å². The average Bonchev–Trinajstić information content (AvgIpc) is 3.60. The van der Waals surface area contributed by atoms with Crippen molar-refractivity contribution in [1.29, 1.82) is 10.8 Å². The zero-order valence-corrected chi connectivity index (χ0v) is 18.2. The summed E-state index contributed by atoms with van der Waals surface area (Å²) < 4.78 is 58.2. The Kier molecular flexibility index (Phi) is 4.97. The van der Waals surface area contributed by atoms with Crippen LogP contribution in [0.25, 0.3) is 10.9 Å². The van der Waals surface area contributed by atoms with E-state index in [9.17, 15) is 17.6 Å². The number of benzene rings is 1. The van der Waals surface area contributed by atoms with Crippen molar-refractivity contribution < 1.29 is 17.6 Å². The van der Waals surface area contributed by atoms with Gasteiger partial charge in [0.1, 0.15) is 5.82 Å². The number of alkyl halides is 2. The molecule has 2 N–H and O–H groups in total. The van der Waals surface area contributed by atoms with Gasteiger partial charge in [0, 0.05) is 25.2 Å². The van der Waals surface area contributed by atoms with Crippen LogP contribution < -0.4 is 10.5 Å². The molecular formula is C24H20F4N6. The van der Waals surface area contributed by atoms with Crippen LogP contribution in [0.2, 0.25) is 0 Å². The van der Waals surface area contributed by atoms with Crippen molar-refractivity contribution in [3.05, 3.63) is 52.9 Å². The van der Waals surface area contributed by atoms with Gasteiger partial charge in [0.25, 0.3) is 5.92 Å². The second-order valence-corrected chi connectivity index (χ2v) is 8.67. The van der Waals surface area contributed by atoms with E-state index in [0.29, 0.717) is 43.5 Å². The van der Waals surface area contributed by atoms with Gasteiger partial charge < -0.3 is 4.90 Å². The van der Waals surface area contributed by atoms with E-state index in [2.05, 4.69) is 21.8 Å². The minimum atomic E-state index is -2.91. The molecule has 3 aromatic rings. The third kappa shape index (κ3) is 3.34. The fraction of sp³-hybridized carbons (Fsp3) is 0.333. The largest absolute Gasteiger partial charge is 0.324 e. The van der Waals surface area contributed by atoms with Gasteiger partial charge in [-0.2, -0.15) is 4.98 Å². The predicted octanol–water partition coefficient (Wildman–Crippen LogP) is 4.52. The van der Waals surface area contributed by atoms with E-state index in [1.807, 2.05) is 0 Å². The molecule has 0 amide bonds. The number of hydrogen-bond donors (Lipinski definition) is 2. The Hall–Kier alpha value is -3.74. The molecule has 0 unspecified atom stereocenters. The lowest BCUT2D eigenvalue weighted by Gasteiger charge is -2.31. The molecule has 2 aliphatic rings. The highest BCUT2D eigenvalue weighted by Crippen LogP contribution is 2.56. The Morgan fingerprint density at radius 1 is 1.21 bits per heavy atom. The van der Waals surface area contributed by atoms with Crippen molar-refractivity contribution in [1.82, 2.24) is 14.5 Å². The van der Waals surface area contributed by atoms with Crippen molar-refractivity contribution in [2.24, 2.45) is 5.41 Å². The number of pyridine rings is 1. The number of aromatic nitrogens is 3. The first-order valence-corrected chi connectivity index (χ1v) is 10.8. The van der Waals surface area contributed by atoms with Crippen LogP contribution in [-0.4, -0.2) is 33.3 Å². The molecule has 10 heteroatoms. The van der Waals surface area contributed by atoms with Crippen molar-refractivity contribution in [3.63, 3.8) is 0 Å². The summed E-state index contributed by atoms with van der Waals surface area (Å²) in [5.41, 5.74) is 0.302. The third-order valence-electron chi connectivity index (χ3n) is 6.54. The molecule has 3 heterocycles. The van der Waals surface area contributed by atoms with Crippen LogP contribution in [0.1, 0.15) is 37.3 Å². The number of fused-ring (bicyclic) bond motifs is 2. The Labute approximate surface area is 192 Å². The van der Waals surface area contributed by atoms with Gasteiger partial charge in [-0.25, -0.2) is 17.6 Å². The predicted molar refractivity (Wildman–Crippen MR) is 118 cm³/mol. The number of nitrogens with zero attached hydrogens (tertiary/aromatic N) is 4. The molecule has 174 valence electrons. The highest BCUT2D eigenvalue weighted by molar-refractivity contribution is 5.95. The normalized spacial score (nSPS) is 16.6. The molecule has 34 heavy (non-hydrogen) atoms.